The molecular weight excluding hydrogens is 323 g/mol. The van der Waals surface area contributed by atoms with Crippen LogP contribution in [0.25, 0.3) is 11.1 Å². The minimum absolute atomic E-state index is 0.0362. The van der Waals surface area contributed by atoms with Crippen molar-refractivity contribution in [2.45, 2.75) is 17.8 Å². The van der Waals surface area contributed by atoms with Gasteiger partial charge in [0, 0.05) is 18.0 Å². The lowest BCUT2D eigenvalue weighted by atomic mass is 9.83. The fourth-order valence-electron chi connectivity index (χ4n) is 3.66. The Morgan fingerprint density at radius 3 is 2.79 bits per heavy atom. The monoisotopic (exact) mass is 342 g/mol. The Morgan fingerprint density at radius 1 is 1.21 bits per heavy atom. The lowest BCUT2D eigenvalue weighted by molar-refractivity contribution is 0.107. The molecule has 0 spiro atoms. The molecule has 3 atom stereocenters. The molecule has 4 rings (SSSR count). The van der Waals surface area contributed by atoms with Gasteiger partial charge in [-0.25, -0.2) is 4.39 Å². The van der Waals surface area contributed by atoms with Crippen LogP contribution in [0.4, 0.5) is 4.39 Å². The Morgan fingerprint density at radius 2 is 2.00 bits per heavy atom. The second-order valence-electron chi connectivity index (χ2n) is 6.35. The minimum Gasteiger partial charge on any atom is -0.379 e. The third-order valence-electron chi connectivity index (χ3n) is 4.99. The summed E-state index contributed by atoms with van der Waals surface area (Å²) in [6.45, 7) is 3.06. The molecule has 0 saturated carbocycles. The summed E-state index contributed by atoms with van der Waals surface area (Å²) in [5.74, 6) is -0.0881. The van der Waals surface area contributed by atoms with Gasteiger partial charge in [0.25, 0.3) is 0 Å². The molecule has 0 unspecified atom stereocenters. The zero-order chi connectivity index (χ0) is 16.7. The van der Waals surface area contributed by atoms with E-state index in [0.29, 0.717) is 23.9 Å². The van der Waals surface area contributed by atoms with Crippen LogP contribution in [0, 0.1) is 11.7 Å². The molecule has 2 aliphatic heterocycles. The second-order valence-corrected chi connectivity index (χ2v) is 7.70. The number of fused-ring (bicyclic) bond motifs is 1. The molecule has 0 amide bonds. The van der Waals surface area contributed by atoms with Gasteiger partial charge in [0.15, 0.2) is 5.17 Å². The first kappa shape index (κ1) is 15.7. The number of halogens is 1. The Labute approximate surface area is 145 Å². The van der Waals surface area contributed by atoms with Crippen molar-refractivity contribution in [2.75, 3.05) is 13.2 Å². The van der Waals surface area contributed by atoms with E-state index in [9.17, 15) is 4.39 Å². The topological polar surface area (TPSA) is 47.6 Å². The van der Waals surface area contributed by atoms with Crippen molar-refractivity contribution in [2.24, 2.45) is 16.6 Å². The Kier molecular flexibility index (Phi) is 3.85. The number of ether oxygens (including phenoxy) is 1. The van der Waals surface area contributed by atoms with Gasteiger partial charge in [0.1, 0.15) is 5.82 Å². The molecule has 1 fully saturated rings. The first-order chi connectivity index (χ1) is 11.6. The van der Waals surface area contributed by atoms with Gasteiger partial charge < -0.3 is 10.5 Å². The average molecular weight is 342 g/mol. The molecule has 2 aromatic carbocycles. The van der Waals surface area contributed by atoms with Crippen LogP contribution in [-0.4, -0.2) is 24.4 Å². The highest BCUT2D eigenvalue weighted by Gasteiger charge is 2.53. The molecular formula is C19H19FN2OS. The van der Waals surface area contributed by atoms with E-state index in [0.717, 1.165) is 11.1 Å². The van der Waals surface area contributed by atoms with E-state index in [1.807, 2.05) is 49.4 Å². The predicted octanol–water partition coefficient (Wildman–Crippen LogP) is 3.78. The van der Waals surface area contributed by atoms with Gasteiger partial charge in [-0.1, -0.05) is 48.2 Å². The molecule has 0 aliphatic carbocycles. The molecule has 2 N–H and O–H groups in total. The van der Waals surface area contributed by atoms with Gasteiger partial charge >= 0.3 is 0 Å². The highest BCUT2D eigenvalue weighted by atomic mass is 32.2. The number of benzene rings is 2. The maximum Gasteiger partial charge on any atom is 0.154 e. The third-order valence-corrected chi connectivity index (χ3v) is 6.33. The van der Waals surface area contributed by atoms with Gasteiger partial charge in [-0.3, -0.25) is 4.99 Å². The van der Waals surface area contributed by atoms with Crippen molar-refractivity contribution < 1.29 is 9.13 Å². The molecule has 2 heterocycles. The first-order valence-corrected chi connectivity index (χ1v) is 8.88. The summed E-state index contributed by atoms with van der Waals surface area (Å²) in [5, 5.41) is 0.508. The predicted molar refractivity (Wildman–Crippen MR) is 96.5 cm³/mol. The van der Waals surface area contributed by atoms with Gasteiger partial charge in [-0.15, -0.1) is 0 Å². The number of hydrogen-bond donors (Lipinski definition) is 1. The van der Waals surface area contributed by atoms with Crippen LogP contribution < -0.4 is 5.73 Å². The quantitative estimate of drug-likeness (QED) is 0.903. The van der Waals surface area contributed by atoms with Crippen LogP contribution >= 0.6 is 11.8 Å². The zero-order valence-electron chi connectivity index (χ0n) is 13.4. The summed E-state index contributed by atoms with van der Waals surface area (Å²) in [4.78, 5) is 4.36. The molecule has 1 saturated heterocycles. The summed E-state index contributed by atoms with van der Waals surface area (Å²) in [5.41, 5.74) is 8.73. The fraction of sp³-hybridized carbons (Fsp3) is 0.316. The van der Waals surface area contributed by atoms with Gasteiger partial charge in [0.05, 0.1) is 17.5 Å². The van der Waals surface area contributed by atoms with E-state index in [4.69, 9.17) is 10.5 Å². The summed E-state index contributed by atoms with van der Waals surface area (Å²) < 4.78 is 20.2. The van der Waals surface area contributed by atoms with Crippen LogP contribution in [-0.2, 0) is 9.48 Å². The van der Waals surface area contributed by atoms with E-state index in [1.54, 1.807) is 6.07 Å². The minimum atomic E-state index is -0.500. The number of aliphatic imine (C=N–C) groups is 1. The SMILES string of the molecule is C[C@H]1OC[C@]2(c3cc(-c4ccccc4)ccc3F)SC(N)=NC[C@@H]12. The third kappa shape index (κ3) is 2.43. The molecule has 2 aliphatic rings. The van der Waals surface area contributed by atoms with Crippen molar-refractivity contribution in [3.8, 4) is 11.1 Å². The van der Waals surface area contributed by atoms with E-state index in [-0.39, 0.29) is 17.8 Å². The number of amidine groups is 1. The van der Waals surface area contributed by atoms with Crippen molar-refractivity contribution in [1.82, 2.24) is 0 Å². The Balaban J connectivity index is 1.85. The molecule has 3 nitrogen and oxygen atoms in total. The molecule has 0 aromatic heterocycles. The highest BCUT2D eigenvalue weighted by Crippen LogP contribution is 2.53. The van der Waals surface area contributed by atoms with Gasteiger partial charge in [0.2, 0.25) is 0 Å². The molecule has 2 aromatic rings. The van der Waals surface area contributed by atoms with Crippen molar-refractivity contribution >= 4 is 16.9 Å². The van der Waals surface area contributed by atoms with Crippen LogP contribution in [0.15, 0.2) is 53.5 Å². The standard InChI is InChI=1S/C19H19FN2OS/c1-12-16-10-22-18(21)24-19(16,11-23-12)15-9-14(7-8-17(15)20)13-5-3-2-4-6-13/h2-9,12,16H,10-11H2,1H3,(H2,21,22)/t12-,16+,19-/m1/s1. The maximum absolute atomic E-state index is 14.8. The zero-order valence-corrected chi connectivity index (χ0v) is 14.2. The number of thioether (sulfide) groups is 1. The molecule has 24 heavy (non-hydrogen) atoms. The van der Waals surface area contributed by atoms with Crippen molar-refractivity contribution in [1.29, 1.82) is 0 Å². The average Bonchev–Trinajstić information content (AvgIpc) is 2.93. The van der Waals surface area contributed by atoms with Crippen LogP contribution in [0.3, 0.4) is 0 Å². The highest BCUT2D eigenvalue weighted by molar-refractivity contribution is 8.14. The fourth-order valence-corrected chi connectivity index (χ4v) is 4.98. The number of nitrogens with two attached hydrogens (primary N) is 1. The molecule has 124 valence electrons. The summed E-state index contributed by atoms with van der Waals surface area (Å²) in [6.07, 6.45) is 0.0362. The number of hydrogen-bond acceptors (Lipinski definition) is 4. The summed E-state index contributed by atoms with van der Waals surface area (Å²) in [6, 6.07) is 15.3. The van der Waals surface area contributed by atoms with Gasteiger partial charge in [-0.2, -0.15) is 0 Å². The van der Waals surface area contributed by atoms with E-state index in [1.165, 1.54) is 11.8 Å². The van der Waals surface area contributed by atoms with E-state index in [2.05, 4.69) is 4.99 Å². The van der Waals surface area contributed by atoms with Gasteiger partial charge in [-0.05, 0) is 30.2 Å². The molecule has 5 heteroatoms. The molecule has 0 bridgehead atoms. The summed E-state index contributed by atoms with van der Waals surface area (Å²) in [7, 11) is 0. The van der Waals surface area contributed by atoms with Crippen LogP contribution in [0.2, 0.25) is 0 Å². The second kappa shape index (κ2) is 5.90. The molecule has 0 radical (unpaired) electrons. The van der Waals surface area contributed by atoms with E-state index >= 15 is 0 Å². The number of nitrogens with zero attached hydrogens (tertiary/aromatic N) is 1. The van der Waals surface area contributed by atoms with E-state index < -0.39 is 4.75 Å². The normalized spacial score (nSPS) is 29.2. The van der Waals surface area contributed by atoms with Crippen LogP contribution in [0.5, 0.6) is 0 Å². The van der Waals surface area contributed by atoms with Crippen LogP contribution in [0.1, 0.15) is 12.5 Å². The Bertz CT molecular complexity index is 795. The van der Waals surface area contributed by atoms with Crippen molar-refractivity contribution in [3.05, 3.63) is 59.9 Å². The number of rotatable bonds is 2. The Hall–Kier alpha value is -1.85. The van der Waals surface area contributed by atoms with Crippen molar-refractivity contribution in [3.63, 3.8) is 0 Å². The smallest absolute Gasteiger partial charge is 0.154 e. The largest absolute Gasteiger partial charge is 0.379 e. The summed E-state index contributed by atoms with van der Waals surface area (Å²) >= 11 is 1.44. The first-order valence-electron chi connectivity index (χ1n) is 8.06. The lowest BCUT2D eigenvalue weighted by Crippen LogP contribution is -2.41. The maximum atomic E-state index is 14.8. The lowest BCUT2D eigenvalue weighted by Gasteiger charge is -2.37.